The largest absolute Gasteiger partial charge is 0.478 e. The van der Waals surface area contributed by atoms with E-state index in [2.05, 4.69) is 14.9 Å². The van der Waals surface area contributed by atoms with Gasteiger partial charge in [-0.05, 0) is 29.7 Å². The molecule has 2 aromatic rings. The minimum Gasteiger partial charge on any atom is -0.478 e. The Morgan fingerprint density at radius 2 is 2.17 bits per heavy atom. The van der Waals surface area contributed by atoms with Crippen LogP contribution >= 0.6 is 11.5 Å². The first-order valence-corrected chi connectivity index (χ1v) is 5.47. The summed E-state index contributed by atoms with van der Waals surface area (Å²) in [5.41, 5.74) is -0.317. The van der Waals surface area contributed by atoms with Crippen molar-refractivity contribution in [2.75, 3.05) is 5.32 Å². The van der Waals surface area contributed by atoms with Crippen LogP contribution in [0.2, 0.25) is 0 Å². The van der Waals surface area contributed by atoms with E-state index >= 15 is 0 Å². The van der Waals surface area contributed by atoms with E-state index in [1.165, 1.54) is 6.20 Å². The highest BCUT2D eigenvalue weighted by atomic mass is 32.1. The summed E-state index contributed by atoms with van der Waals surface area (Å²) in [4.78, 5) is 22.5. The van der Waals surface area contributed by atoms with Crippen molar-refractivity contribution in [2.45, 2.75) is 0 Å². The van der Waals surface area contributed by atoms with Gasteiger partial charge in [0, 0.05) is 0 Å². The van der Waals surface area contributed by atoms with Gasteiger partial charge in [-0.3, -0.25) is 4.79 Å². The van der Waals surface area contributed by atoms with E-state index in [4.69, 9.17) is 5.11 Å². The van der Waals surface area contributed by atoms with Crippen LogP contribution in [0, 0.1) is 5.82 Å². The second-order valence-electron chi connectivity index (χ2n) is 3.24. The molecule has 8 heteroatoms. The molecule has 18 heavy (non-hydrogen) atoms. The van der Waals surface area contributed by atoms with Gasteiger partial charge in [0.25, 0.3) is 5.91 Å². The molecule has 0 saturated heterocycles. The average molecular weight is 267 g/mol. The smallest absolute Gasteiger partial charge is 0.335 e. The zero-order chi connectivity index (χ0) is 13.1. The van der Waals surface area contributed by atoms with Gasteiger partial charge in [-0.25, -0.2) is 9.18 Å². The SMILES string of the molecule is O=C(O)c1ccc(F)c(NC(=O)c2cnns2)c1. The molecule has 0 spiro atoms. The second kappa shape index (κ2) is 4.88. The maximum atomic E-state index is 13.4. The molecule has 0 aliphatic heterocycles. The van der Waals surface area contributed by atoms with Crippen molar-refractivity contribution in [1.29, 1.82) is 0 Å². The Morgan fingerprint density at radius 3 is 2.78 bits per heavy atom. The molecule has 0 saturated carbocycles. The van der Waals surface area contributed by atoms with Crippen LogP contribution in [0.3, 0.4) is 0 Å². The van der Waals surface area contributed by atoms with E-state index in [0.717, 1.165) is 29.7 Å². The minimum atomic E-state index is -1.20. The highest BCUT2D eigenvalue weighted by Gasteiger charge is 2.13. The third kappa shape index (κ3) is 2.48. The van der Waals surface area contributed by atoms with Gasteiger partial charge in [-0.15, -0.1) is 5.10 Å². The van der Waals surface area contributed by atoms with Crippen LogP contribution in [-0.2, 0) is 0 Å². The van der Waals surface area contributed by atoms with Crippen LogP contribution in [0.4, 0.5) is 10.1 Å². The van der Waals surface area contributed by atoms with Gasteiger partial charge in [0.2, 0.25) is 0 Å². The van der Waals surface area contributed by atoms with Crippen molar-refractivity contribution in [3.8, 4) is 0 Å². The van der Waals surface area contributed by atoms with Gasteiger partial charge in [0.1, 0.15) is 10.7 Å². The van der Waals surface area contributed by atoms with Crippen LogP contribution in [0.5, 0.6) is 0 Å². The zero-order valence-electron chi connectivity index (χ0n) is 8.75. The van der Waals surface area contributed by atoms with E-state index in [9.17, 15) is 14.0 Å². The molecule has 2 rings (SSSR count). The van der Waals surface area contributed by atoms with Crippen LogP contribution < -0.4 is 5.32 Å². The summed E-state index contributed by atoms with van der Waals surface area (Å²) in [6.45, 7) is 0. The van der Waals surface area contributed by atoms with Crippen LogP contribution in [0.15, 0.2) is 24.4 Å². The number of benzene rings is 1. The fourth-order valence-corrected chi connectivity index (χ4v) is 1.62. The van der Waals surface area contributed by atoms with Crippen LogP contribution in [0.1, 0.15) is 20.0 Å². The number of carbonyl (C=O) groups is 2. The summed E-state index contributed by atoms with van der Waals surface area (Å²) in [5, 5.41) is 14.5. The lowest BCUT2D eigenvalue weighted by molar-refractivity contribution is 0.0696. The number of amides is 1. The summed E-state index contributed by atoms with van der Waals surface area (Å²) in [7, 11) is 0. The maximum absolute atomic E-state index is 13.4. The molecule has 92 valence electrons. The number of anilines is 1. The molecule has 2 N–H and O–H groups in total. The molecule has 1 aromatic carbocycles. The van der Waals surface area contributed by atoms with Crippen molar-refractivity contribution in [3.63, 3.8) is 0 Å². The predicted octanol–water partition coefficient (Wildman–Crippen LogP) is 1.63. The third-order valence-electron chi connectivity index (χ3n) is 2.05. The number of hydrogen-bond acceptors (Lipinski definition) is 5. The van der Waals surface area contributed by atoms with Gasteiger partial charge >= 0.3 is 5.97 Å². The molecule has 0 bridgehead atoms. The Kier molecular flexibility index (Phi) is 3.28. The van der Waals surface area contributed by atoms with Crippen molar-refractivity contribution in [2.24, 2.45) is 0 Å². The first kappa shape index (κ1) is 12.1. The topological polar surface area (TPSA) is 92.2 Å². The van der Waals surface area contributed by atoms with Crippen LogP contribution in [-0.4, -0.2) is 26.6 Å². The molecule has 0 unspecified atom stereocenters. The Morgan fingerprint density at radius 1 is 1.39 bits per heavy atom. The highest BCUT2D eigenvalue weighted by molar-refractivity contribution is 7.07. The lowest BCUT2D eigenvalue weighted by Crippen LogP contribution is -2.12. The minimum absolute atomic E-state index is 0.117. The maximum Gasteiger partial charge on any atom is 0.335 e. The number of nitrogens with zero attached hydrogens (tertiary/aromatic N) is 2. The van der Waals surface area contributed by atoms with Crippen LogP contribution in [0.25, 0.3) is 0 Å². The number of nitrogens with one attached hydrogen (secondary N) is 1. The molecule has 1 heterocycles. The number of carboxylic acid groups (broad SMARTS) is 1. The number of halogens is 1. The first-order valence-electron chi connectivity index (χ1n) is 4.69. The molecule has 0 radical (unpaired) electrons. The number of carbonyl (C=O) groups excluding carboxylic acids is 1. The normalized spacial score (nSPS) is 10.1. The number of hydrogen-bond donors (Lipinski definition) is 2. The second-order valence-corrected chi connectivity index (χ2v) is 4.02. The van der Waals surface area contributed by atoms with E-state index in [1.54, 1.807) is 0 Å². The summed E-state index contributed by atoms with van der Waals surface area (Å²) in [5.74, 6) is -2.51. The van der Waals surface area contributed by atoms with Gasteiger partial charge < -0.3 is 10.4 Å². The van der Waals surface area contributed by atoms with Gasteiger partial charge in [-0.1, -0.05) is 4.49 Å². The molecule has 0 fully saturated rings. The number of aromatic nitrogens is 2. The molecular weight excluding hydrogens is 261 g/mol. The molecule has 0 atom stereocenters. The van der Waals surface area contributed by atoms with E-state index in [0.29, 0.717) is 0 Å². The summed E-state index contributed by atoms with van der Waals surface area (Å²) >= 11 is 0.855. The summed E-state index contributed by atoms with van der Waals surface area (Å²) in [6, 6.07) is 3.13. The Bertz CT molecular complexity index is 600. The van der Waals surface area contributed by atoms with E-state index in [-0.39, 0.29) is 16.1 Å². The first-order chi connectivity index (χ1) is 8.58. The van der Waals surface area contributed by atoms with Crippen molar-refractivity contribution in [1.82, 2.24) is 9.59 Å². The van der Waals surface area contributed by atoms with E-state index in [1.807, 2.05) is 0 Å². The number of carboxylic acids is 1. The lowest BCUT2D eigenvalue weighted by Gasteiger charge is -2.05. The Balaban J connectivity index is 2.26. The standard InChI is InChI=1S/C10H6FN3O3S/c11-6-2-1-5(10(16)17)3-7(6)13-9(15)8-4-12-14-18-8/h1-4H,(H,13,15)(H,16,17). The molecule has 6 nitrogen and oxygen atoms in total. The summed E-state index contributed by atoms with van der Waals surface area (Å²) < 4.78 is 16.9. The Labute approximate surface area is 104 Å². The Hall–Kier alpha value is -2.35. The molecule has 0 aliphatic carbocycles. The van der Waals surface area contributed by atoms with Gasteiger partial charge in [0.05, 0.1) is 17.4 Å². The fraction of sp³-hybridized carbons (Fsp3) is 0. The van der Waals surface area contributed by atoms with Gasteiger partial charge in [0.15, 0.2) is 0 Å². The number of aromatic carboxylic acids is 1. The molecule has 1 aromatic heterocycles. The number of rotatable bonds is 3. The summed E-state index contributed by atoms with van der Waals surface area (Å²) in [6.07, 6.45) is 1.24. The molecule has 0 aliphatic rings. The molecular formula is C10H6FN3O3S. The zero-order valence-corrected chi connectivity index (χ0v) is 9.57. The lowest BCUT2D eigenvalue weighted by atomic mass is 10.2. The average Bonchev–Trinajstić information content (AvgIpc) is 2.85. The van der Waals surface area contributed by atoms with Crippen molar-refractivity contribution < 1.29 is 19.1 Å². The van der Waals surface area contributed by atoms with Crippen molar-refractivity contribution >= 4 is 29.1 Å². The van der Waals surface area contributed by atoms with Crippen molar-refractivity contribution in [3.05, 3.63) is 40.7 Å². The monoisotopic (exact) mass is 267 g/mol. The van der Waals surface area contributed by atoms with E-state index < -0.39 is 17.7 Å². The predicted molar refractivity (Wildman–Crippen MR) is 61.2 cm³/mol. The fourth-order valence-electron chi connectivity index (χ4n) is 1.21. The third-order valence-corrected chi connectivity index (χ3v) is 2.71. The molecule has 1 amide bonds. The quantitative estimate of drug-likeness (QED) is 0.881. The van der Waals surface area contributed by atoms with Gasteiger partial charge in [-0.2, -0.15) is 0 Å². The highest BCUT2D eigenvalue weighted by Crippen LogP contribution is 2.17.